The van der Waals surface area contributed by atoms with Gasteiger partial charge >= 0.3 is 0 Å². The van der Waals surface area contributed by atoms with Crippen LogP contribution in [0.5, 0.6) is 0 Å². The van der Waals surface area contributed by atoms with Gasteiger partial charge in [-0.1, -0.05) is 40.2 Å². The van der Waals surface area contributed by atoms with E-state index >= 15 is 0 Å². The average molecular weight is 169 g/mol. The van der Waals surface area contributed by atoms with E-state index in [2.05, 4.69) is 32.7 Å². The number of rotatable bonds is 6. The number of nitrogens with one attached hydrogen (secondary N) is 1. The normalized spacial score (nSPS) is 15.3. The average Bonchev–Trinajstić information content (AvgIpc) is 2.05. The van der Waals surface area contributed by atoms with Gasteiger partial charge < -0.3 is 5.32 Å². The van der Waals surface area contributed by atoms with Gasteiger partial charge in [0.15, 0.2) is 0 Å². The Labute approximate surface area is 77.2 Å². The summed E-state index contributed by atoms with van der Waals surface area (Å²) in [4.78, 5) is 0. The van der Waals surface area contributed by atoms with E-state index in [-0.39, 0.29) is 0 Å². The van der Waals surface area contributed by atoms with Gasteiger partial charge in [0.1, 0.15) is 0 Å². The number of allylic oxidation sites excluding steroid dienone is 1. The minimum absolute atomic E-state index is 0.453. The Bertz CT molecular complexity index is 140. The quantitative estimate of drug-likeness (QED) is 0.643. The topological polar surface area (TPSA) is 12.0 Å². The van der Waals surface area contributed by atoms with Crippen LogP contribution in [0.15, 0.2) is 12.3 Å². The molecule has 1 heteroatoms. The summed E-state index contributed by atoms with van der Waals surface area (Å²) < 4.78 is 0. The maximum absolute atomic E-state index is 3.98. The minimum atomic E-state index is 0.453. The molecule has 0 aliphatic rings. The van der Waals surface area contributed by atoms with Crippen molar-refractivity contribution >= 4 is 0 Å². The van der Waals surface area contributed by atoms with Gasteiger partial charge in [-0.25, -0.2) is 0 Å². The van der Waals surface area contributed by atoms with E-state index in [0.717, 1.165) is 12.1 Å². The van der Waals surface area contributed by atoms with Crippen molar-refractivity contribution in [3.8, 4) is 0 Å². The van der Waals surface area contributed by atoms with Crippen LogP contribution >= 0.6 is 0 Å². The van der Waals surface area contributed by atoms with Crippen LogP contribution in [0.25, 0.3) is 0 Å². The fraction of sp³-hybridized carbons (Fsp3) is 0.818. The van der Waals surface area contributed by atoms with Gasteiger partial charge in [-0.15, -0.1) is 0 Å². The lowest BCUT2D eigenvalue weighted by atomic mass is 9.79. The van der Waals surface area contributed by atoms with Crippen LogP contribution in [0.4, 0.5) is 0 Å². The van der Waals surface area contributed by atoms with Gasteiger partial charge in [-0.2, -0.15) is 0 Å². The lowest BCUT2D eigenvalue weighted by molar-refractivity contribution is 0.275. The number of hydrogen-bond acceptors (Lipinski definition) is 1. The summed E-state index contributed by atoms with van der Waals surface area (Å²) in [5.74, 6) is 0. The molecule has 1 unspecified atom stereocenters. The highest BCUT2D eigenvalue weighted by atomic mass is 14.8. The van der Waals surface area contributed by atoms with Crippen molar-refractivity contribution in [2.24, 2.45) is 5.41 Å². The van der Waals surface area contributed by atoms with Crippen molar-refractivity contribution in [1.82, 2.24) is 5.32 Å². The van der Waals surface area contributed by atoms with Crippen molar-refractivity contribution in [1.29, 1.82) is 0 Å². The summed E-state index contributed by atoms with van der Waals surface area (Å²) in [6.07, 6.45) is 4.90. The SMILES string of the molecule is C=C(CC(C)(CC)CCC)NC. The van der Waals surface area contributed by atoms with Crippen LogP contribution in [0, 0.1) is 5.41 Å². The molecule has 0 aliphatic carbocycles. The maximum atomic E-state index is 3.98. The third-order valence-electron chi connectivity index (χ3n) is 2.70. The predicted molar refractivity (Wildman–Crippen MR) is 56.1 cm³/mol. The largest absolute Gasteiger partial charge is 0.392 e. The van der Waals surface area contributed by atoms with E-state index in [1.54, 1.807) is 0 Å². The third kappa shape index (κ3) is 3.80. The highest BCUT2D eigenvalue weighted by Gasteiger charge is 2.21. The van der Waals surface area contributed by atoms with Crippen LogP contribution < -0.4 is 5.32 Å². The van der Waals surface area contributed by atoms with Crippen LogP contribution in [0.3, 0.4) is 0 Å². The van der Waals surface area contributed by atoms with Gasteiger partial charge in [0.05, 0.1) is 0 Å². The van der Waals surface area contributed by atoms with E-state index < -0.39 is 0 Å². The van der Waals surface area contributed by atoms with Crippen LogP contribution in [0.2, 0.25) is 0 Å². The molecule has 0 aromatic carbocycles. The van der Waals surface area contributed by atoms with Gasteiger partial charge in [-0.3, -0.25) is 0 Å². The molecule has 0 bridgehead atoms. The molecule has 12 heavy (non-hydrogen) atoms. The van der Waals surface area contributed by atoms with E-state index in [1.807, 2.05) is 7.05 Å². The Hall–Kier alpha value is -0.460. The van der Waals surface area contributed by atoms with E-state index in [0.29, 0.717) is 5.41 Å². The molecular weight excluding hydrogens is 146 g/mol. The maximum Gasteiger partial charge on any atom is 0.00365 e. The molecule has 72 valence electrons. The Morgan fingerprint density at radius 2 is 2.00 bits per heavy atom. The molecule has 1 N–H and O–H groups in total. The summed E-state index contributed by atoms with van der Waals surface area (Å²) in [6, 6.07) is 0. The first kappa shape index (κ1) is 11.5. The molecule has 0 aromatic rings. The van der Waals surface area contributed by atoms with Crippen molar-refractivity contribution < 1.29 is 0 Å². The lowest BCUT2D eigenvalue weighted by Crippen LogP contribution is -2.19. The molecule has 0 radical (unpaired) electrons. The first-order valence-corrected chi connectivity index (χ1v) is 4.93. The van der Waals surface area contributed by atoms with Crippen LogP contribution in [-0.4, -0.2) is 7.05 Å². The Morgan fingerprint density at radius 3 is 2.33 bits per heavy atom. The van der Waals surface area contributed by atoms with Crippen LogP contribution in [0.1, 0.15) is 46.5 Å². The van der Waals surface area contributed by atoms with Crippen molar-refractivity contribution in [2.75, 3.05) is 7.05 Å². The molecule has 0 spiro atoms. The van der Waals surface area contributed by atoms with Crippen molar-refractivity contribution in [3.63, 3.8) is 0 Å². The fourth-order valence-electron chi connectivity index (χ4n) is 1.60. The Balaban J connectivity index is 4.03. The standard InChI is InChI=1S/C11H23N/c1-6-8-11(4,7-2)9-10(3)12-5/h12H,3,6-9H2,1-2,4-5H3. The fourth-order valence-corrected chi connectivity index (χ4v) is 1.60. The second-order valence-electron chi connectivity index (χ2n) is 3.94. The van der Waals surface area contributed by atoms with E-state index in [4.69, 9.17) is 0 Å². The lowest BCUT2D eigenvalue weighted by Gasteiger charge is -2.28. The zero-order chi connectivity index (χ0) is 9.61. The third-order valence-corrected chi connectivity index (χ3v) is 2.70. The molecule has 0 heterocycles. The second-order valence-corrected chi connectivity index (χ2v) is 3.94. The zero-order valence-electron chi connectivity index (χ0n) is 9.04. The minimum Gasteiger partial charge on any atom is -0.392 e. The first-order valence-electron chi connectivity index (χ1n) is 4.93. The second kappa shape index (κ2) is 5.23. The molecule has 0 fully saturated rings. The van der Waals surface area contributed by atoms with Crippen LogP contribution in [-0.2, 0) is 0 Å². The Morgan fingerprint density at radius 1 is 1.42 bits per heavy atom. The summed E-state index contributed by atoms with van der Waals surface area (Å²) in [7, 11) is 1.95. The van der Waals surface area contributed by atoms with Gasteiger partial charge in [-0.05, 0) is 18.3 Å². The Kier molecular flexibility index (Phi) is 5.03. The molecule has 0 aliphatic heterocycles. The monoisotopic (exact) mass is 169 g/mol. The first-order chi connectivity index (χ1) is 5.58. The highest BCUT2D eigenvalue weighted by Crippen LogP contribution is 2.33. The molecule has 0 saturated carbocycles. The van der Waals surface area contributed by atoms with Crippen molar-refractivity contribution in [3.05, 3.63) is 12.3 Å². The zero-order valence-corrected chi connectivity index (χ0v) is 9.04. The van der Waals surface area contributed by atoms with Gasteiger partial charge in [0, 0.05) is 12.7 Å². The smallest absolute Gasteiger partial charge is 0.00365 e. The summed E-state index contributed by atoms with van der Waals surface area (Å²) in [5, 5.41) is 3.12. The van der Waals surface area contributed by atoms with Crippen molar-refractivity contribution in [2.45, 2.75) is 46.5 Å². The number of hydrogen-bond donors (Lipinski definition) is 1. The molecule has 1 nitrogen and oxygen atoms in total. The highest BCUT2D eigenvalue weighted by molar-refractivity contribution is 4.95. The molecular formula is C11H23N. The molecule has 1 atom stereocenters. The summed E-state index contributed by atoms with van der Waals surface area (Å²) >= 11 is 0. The summed E-state index contributed by atoms with van der Waals surface area (Å²) in [5.41, 5.74) is 1.61. The summed E-state index contributed by atoms with van der Waals surface area (Å²) in [6.45, 7) is 10.8. The molecule has 0 saturated heterocycles. The molecule has 0 aromatic heterocycles. The molecule has 0 amide bonds. The van der Waals surface area contributed by atoms with E-state index in [9.17, 15) is 0 Å². The molecule has 0 rings (SSSR count). The predicted octanol–water partition coefficient (Wildman–Crippen LogP) is 3.33. The van der Waals surface area contributed by atoms with E-state index in [1.165, 1.54) is 19.3 Å². The van der Waals surface area contributed by atoms with Gasteiger partial charge in [0.25, 0.3) is 0 Å². The van der Waals surface area contributed by atoms with Gasteiger partial charge in [0.2, 0.25) is 0 Å².